The van der Waals surface area contributed by atoms with Crippen LogP contribution in [0.4, 0.5) is 13.2 Å². The van der Waals surface area contributed by atoms with Gasteiger partial charge in [-0.1, -0.05) is 6.08 Å². The fourth-order valence-corrected chi connectivity index (χ4v) is 4.26. The zero-order valence-electron chi connectivity index (χ0n) is 10.5. The van der Waals surface area contributed by atoms with Gasteiger partial charge in [0.25, 0.3) is 0 Å². The molecule has 0 aliphatic carbocycles. The number of alkyl halides is 3. The molecule has 0 saturated heterocycles. The van der Waals surface area contributed by atoms with Gasteiger partial charge in [0.15, 0.2) is 4.67 Å². The van der Waals surface area contributed by atoms with Gasteiger partial charge in [0.05, 0.1) is 0 Å². The molecule has 0 unspecified atom stereocenters. The van der Waals surface area contributed by atoms with Gasteiger partial charge < -0.3 is 9.52 Å². The van der Waals surface area contributed by atoms with Gasteiger partial charge in [-0.05, 0) is 22.4 Å². The van der Waals surface area contributed by atoms with Crippen LogP contribution in [-0.4, -0.2) is 37.1 Å². The van der Waals surface area contributed by atoms with E-state index in [-0.39, 0.29) is 28.4 Å². The van der Waals surface area contributed by atoms with Crippen LogP contribution >= 0.6 is 15.9 Å². The van der Waals surface area contributed by atoms with E-state index in [9.17, 15) is 21.6 Å². The molecule has 10 heteroatoms. The van der Waals surface area contributed by atoms with Crippen molar-refractivity contribution in [3.05, 3.63) is 28.1 Å². The van der Waals surface area contributed by atoms with E-state index in [0.717, 1.165) is 16.4 Å². The van der Waals surface area contributed by atoms with Gasteiger partial charge >= 0.3 is 6.18 Å². The molecule has 2 heterocycles. The van der Waals surface area contributed by atoms with Gasteiger partial charge in [-0.3, -0.25) is 0 Å². The van der Waals surface area contributed by atoms with Crippen molar-refractivity contribution in [2.45, 2.75) is 24.1 Å². The lowest BCUT2D eigenvalue weighted by atomic mass is 10.1. The third kappa shape index (κ3) is 3.33. The third-order valence-corrected chi connectivity index (χ3v) is 5.74. The first-order valence-electron chi connectivity index (χ1n) is 5.81. The molecular formula is C11H11BrF3NO4S. The van der Waals surface area contributed by atoms with Crippen LogP contribution in [0.2, 0.25) is 0 Å². The Kier molecular flexibility index (Phi) is 4.52. The molecule has 2 rings (SSSR count). The minimum atomic E-state index is -4.43. The molecule has 0 radical (unpaired) electrons. The molecule has 1 aliphatic rings. The molecule has 1 aliphatic heterocycles. The first-order valence-corrected chi connectivity index (χ1v) is 8.05. The molecule has 0 bridgehead atoms. The van der Waals surface area contributed by atoms with Crippen molar-refractivity contribution in [2.24, 2.45) is 0 Å². The Morgan fingerprint density at radius 3 is 2.52 bits per heavy atom. The monoisotopic (exact) mass is 389 g/mol. The third-order valence-electron chi connectivity index (χ3n) is 3.02. The predicted molar refractivity (Wildman–Crippen MR) is 69.8 cm³/mol. The van der Waals surface area contributed by atoms with E-state index in [1.807, 2.05) is 0 Å². The second kappa shape index (κ2) is 5.75. The van der Waals surface area contributed by atoms with E-state index in [4.69, 9.17) is 9.52 Å². The molecule has 118 valence electrons. The number of nitrogens with zero attached hydrogens (tertiary/aromatic N) is 1. The topological polar surface area (TPSA) is 70.8 Å². The molecule has 1 aromatic heterocycles. The number of sulfonamides is 1. The van der Waals surface area contributed by atoms with Crippen LogP contribution in [0.1, 0.15) is 12.2 Å². The van der Waals surface area contributed by atoms with Crippen molar-refractivity contribution < 1.29 is 31.1 Å². The number of aliphatic hydroxyl groups excluding tert-OH is 1. The lowest BCUT2D eigenvalue weighted by Crippen LogP contribution is -2.36. The Hall–Kier alpha value is -0.840. The van der Waals surface area contributed by atoms with E-state index in [2.05, 4.69) is 15.9 Å². The molecule has 1 aromatic rings. The summed E-state index contributed by atoms with van der Waals surface area (Å²) in [6, 6.07) is 1.14. The minimum absolute atomic E-state index is 0.0454. The second-order valence-electron chi connectivity index (χ2n) is 4.35. The highest BCUT2D eigenvalue weighted by Crippen LogP contribution is 2.33. The normalized spacial score (nSPS) is 17.9. The summed E-state index contributed by atoms with van der Waals surface area (Å²) in [6.07, 6.45) is -3.97. The quantitative estimate of drug-likeness (QED) is 0.805. The number of hydrogen-bond donors (Lipinski definition) is 1. The van der Waals surface area contributed by atoms with Crippen molar-refractivity contribution in [1.82, 2.24) is 4.31 Å². The summed E-state index contributed by atoms with van der Waals surface area (Å²) in [5.74, 6) is 0.0454. The van der Waals surface area contributed by atoms with Crippen LogP contribution in [0.3, 0.4) is 0 Å². The van der Waals surface area contributed by atoms with E-state index >= 15 is 0 Å². The standard InChI is InChI=1S/C11H11BrF3NO4S/c12-10-9(5-8(6-17)20-10)21(18,19)16-3-1-7(2-4-16)11(13,14)15/h1,5,17H,2-4,6H2. The van der Waals surface area contributed by atoms with Crippen LogP contribution in [0.15, 0.2) is 31.7 Å². The van der Waals surface area contributed by atoms with Crippen molar-refractivity contribution in [3.63, 3.8) is 0 Å². The predicted octanol–water partition coefficient (Wildman–Crippen LogP) is 2.42. The summed E-state index contributed by atoms with van der Waals surface area (Å²) in [4.78, 5) is -0.213. The molecule has 0 fully saturated rings. The number of furan rings is 1. The maximum Gasteiger partial charge on any atom is 0.412 e. The molecule has 0 atom stereocenters. The van der Waals surface area contributed by atoms with Crippen molar-refractivity contribution >= 4 is 26.0 Å². The van der Waals surface area contributed by atoms with Gasteiger partial charge in [-0.2, -0.15) is 17.5 Å². The summed E-state index contributed by atoms with van der Waals surface area (Å²) >= 11 is 2.92. The van der Waals surface area contributed by atoms with E-state index in [1.54, 1.807) is 0 Å². The first kappa shape index (κ1) is 16.5. The van der Waals surface area contributed by atoms with Gasteiger partial charge in [-0.25, -0.2) is 8.42 Å². The maximum absolute atomic E-state index is 12.5. The SMILES string of the molecule is O=S(=O)(c1cc(CO)oc1Br)N1CC=C(C(F)(F)F)CC1. The Morgan fingerprint density at radius 1 is 1.43 bits per heavy atom. The molecule has 21 heavy (non-hydrogen) atoms. The molecular weight excluding hydrogens is 379 g/mol. The molecule has 1 N–H and O–H groups in total. The van der Waals surface area contributed by atoms with Crippen LogP contribution in [0.25, 0.3) is 0 Å². The Bertz CT molecular complexity index is 665. The van der Waals surface area contributed by atoms with Gasteiger partial charge in [0, 0.05) is 24.7 Å². The average Bonchev–Trinajstić information content (AvgIpc) is 2.80. The number of aliphatic hydroxyl groups is 1. The van der Waals surface area contributed by atoms with Gasteiger partial charge in [0.1, 0.15) is 17.3 Å². The highest BCUT2D eigenvalue weighted by atomic mass is 79.9. The van der Waals surface area contributed by atoms with Crippen LogP contribution in [0.5, 0.6) is 0 Å². The fraction of sp³-hybridized carbons (Fsp3) is 0.455. The Labute approximate surface area is 127 Å². The summed E-state index contributed by atoms with van der Waals surface area (Å²) in [7, 11) is -3.98. The smallest absolute Gasteiger partial charge is 0.412 e. The summed E-state index contributed by atoms with van der Waals surface area (Å²) in [5.41, 5.74) is -0.726. The molecule has 0 spiro atoms. The van der Waals surface area contributed by atoms with Crippen LogP contribution in [-0.2, 0) is 16.6 Å². The van der Waals surface area contributed by atoms with Crippen molar-refractivity contribution in [1.29, 1.82) is 0 Å². The first-order chi connectivity index (χ1) is 9.66. The average molecular weight is 390 g/mol. The number of hydrogen-bond acceptors (Lipinski definition) is 4. The summed E-state index contributed by atoms with van der Waals surface area (Å²) < 4.78 is 68.0. The van der Waals surface area contributed by atoms with Crippen molar-refractivity contribution in [2.75, 3.05) is 13.1 Å². The lowest BCUT2D eigenvalue weighted by molar-refractivity contribution is -0.0953. The molecule has 5 nitrogen and oxygen atoms in total. The van der Waals surface area contributed by atoms with Gasteiger partial charge in [0.2, 0.25) is 10.0 Å². The maximum atomic E-state index is 12.5. The summed E-state index contributed by atoms with van der Waals surface area (Å²) in [6.45, 7) is -1.10. The number of rotatable bonds is 3. The largest absolute Gasteiger partial charge is 0.450 e. The van der Waals surface area contributed by atoms with Crippen molar-refractivity contribution in [3.8, 4) is 0 Å². The van der Waals surface area contributed by atoms with E-state index in [1.165, 1.54) is 0 Å². The zero-order chi connectivity index (χ0) is 15.8. The molecule has 0 amide bonds. The highest BCUT2D eigenvalue weighted by Gasteiger charge is 2.38. The second-order valence-corrected chi connectivity index (χ2v) is 6.98. The lowest BCUT2D eigenvalue weighted by Gasteiger charge is -2.26. The van der Waals surface area contributed by atoms with Crippen LogP contribution in [0, 0.1) is 0 Å². The number of halogens is 4. The highest BCUT2D eigenvalue weighted by molar-refractivity contribution is 9.10. The van der Waals surface area contributed by atoms with Crippen LogP contribution < -0.4 is 0 Å². The molecule has 0 saturated carbocycles. The fourth-order valence-electron chi connectivity index (χ4n) is 1.92. The zero-order valence-corrected chi connectivity index (χ0v) is 12.9. The Balaban J connectivity index is 2.26. The molecule has 0 aromatic carbocycles. The van der Waals surface area contributed by atoms with E-state index < -0.39 is 34.8 Å². The van der Waals surface area contributed by atoms with E-state index in [0.29, 0.717) is 0 Å². The summed E-state index contributed by atoms with van der Waals surface area (Å²) in [5, 5.41) is 8.92. The minimum Gasteiger partial charge on any atom is -0.450 e. The van der Waals surface area contributed by atoms with Gasteiger partial charge in [-0.15, -0.1) is 0 Å². The Morgan fingerprint density at radius 2 is 2.10 bits per heavy atom.